The second-order valence-electron chi connectivity index (χ2n) is 4.62. The minimum atomic E-state index is -0.521. The first-order valence-corrected chi connectivity index (χ1v) is 6.56. The van der Waals surface area contributed by atoms with Crippen molar-refractivity contribution in [3.05, 3.63) is 11.4 Å². The lowest BCUT2D eigenvalue weighted by Crippen LogP contribution is -2.53. The van der Waals surface area contributed by atoms with E-state index in [9.17, 15) is 4.79 Å². The number of anilines is 2. The zero-order valence-electron chi connectivity index (χ0n) is 11.7. The lowest BCUT2D eigenvalue weighted by atomic mass is 10.2. The molecule has 0 saturated carbocycles. The summed E-state index contributed by atoms with van der Waals surface area (Å²) in [5.41, 5.74) is 8.80. The Morgan fingerprint density at radius 1 is 1.55 bits per heavy atom. The fraction of sp³-hybridized carbons (Fsp3) is 0.583. The number of carbonyl (C=O) groups is 1. The molecule has 1 aromatic heterocycles. The number of amides is 1. The summed E-state index contributed by atoms with van der Waals surface area (Å²) in [7, 11) is 0. The number of hydrogen-bond donors (Lipinski definition) is 3. The highest BCUT2D eigenvalue weighted by atomic mass is 16.5. The van der Waals surface area contributed by atoms with Gasteiger partial charge < -0.3 is 20.8 Å². The fourth-order valence-electron chi connectivity index (χ4n) is 2.22. The van der Waals surface area contributed by atoms with Gasteiger partial charge in [0.25, 0.3) is 0 Å². The molecule has 0 spiro atoms. The molecule has 0 bridgehead atoms. The van der Waals surface area contributed by atoms with Crippen molar-refractivity contribution in [1.29, 1.82) is 0 Å². The van der Waals surface area contributed by atoms with E-state index in [1.54, 1.807) is 0 Å². The molecule has 110 valence electrons. The van der Waals surface area contributed by atoms with E-state index in [0.29, 0.717) is 37.0 Å². The molecule has 1 aliphatic heterocycles. The number of aromatic nitrogens is 2. The average molecular weight is 280 g/mol. The highest BCUT2D eigenvalue weighted by Crippen LogP contribution is 2.26. The number of primary amides is 1. The third kappa shape index (κ3) is 2.66. The van der Waals surface area contributed by atoms with Gasteiger partial charge in [-0.2, -0.15) is 0 Å². The Labute approximate surface area is 117 Å². The Morgan fingerprint density at radius 2 is 2.30 bits per heavy atom. The molecular weight excluding hydrogens is 260 g/mol. The Balaban J connectivity index is 2.46. The van der Waals surface area contributed by atoms with Crippen LogP contribution in [0.25, 0.3) is 0 Å². The number of rotatable bonds is 4. The summed E-state index contributed by atoms with van der Waals surface area (Å²) < 4.78 is 5.32. The van der Waals surface area contributed by atoms with E-state index < -0.39 is 11.9 Å². The van der Waals surface area contributed by atoms with Gasteiger partial charge in [-0.25, -0.2) is 15.8 Å². The van der Waals surface area contributed by atoms with Gasteiger partial charge in [0.1, 0.15) is 23.5 Å². The first-order chi connectivity index (χ1) is 9.58. The molecule has 1 aliphatic rings. The van der Waals surface area contributed by atoms with Crippen molar-refractivity contribution in [3.8, 4) is 0 Å². The number of ether oxygens (including phenoxy) is 1. The zero-order valence-corrected chi connectivity index (χ0v) is 11.7. The van der Waals surface area contributed by atoms with Crippen LogP contribution in [0.4, 0.5) is 11.6 Å². The van der Waals surface area contributed by atoms with E-state index in [1.165, 1.54) is 0 Å². The first-order valence-electron chi connectivity index (χ1n) is 6.56. The Hall–Kier alpha value is -1.93. The molecular formula is C12H20N6O2. The molecule has 8 nitrogen and oxygen atoms in total. The summed E-state index contributed by atoms with van der Waals surface area (Å²) in [5.74, 6) is 6.96. The first kappa shape index (κ1) is 14.5. The van der Waals surface area contributed by atoms with Gasteiger partial charge in [-0.1, -0.05) is 6.92 Å². The second-order valence-corrected chi connectivity index (χ2v) is 4.62. The van der Waals surface area contributed by atoms with Crippen LogP contribution in [0.5, 0.6) is 0 Å². The highest BCUT2D eigenvalue weighted by molar-refractivity contribution is 5.84. The smallest absolute Gasteiger partial charge is 0.242 e. The highest BCUT2D eigenvalue weighted by Gasteiger charge is 2.30. The molecule has 5 N–H and O–H groups in total. The van der Waals surface area contributed by atoms with Crippen molar-refractivity contribution in [2.45, 2.75) is 26.3 Å². The van der Waals surface area contributed by atoms with Crippen LogP contribution in [0.1, 0.15) is 18.3 Å². The number of nitrogens with one attached hydrogen (secondary N) is 1. The number of nitrogens with two attached hydrogens (primary N) is 2. The molecule has 8 heteroatoms. The molecule has 1 fully saturated rings. The molecule has 1 saturated heterocycles. The van der Waals surface area contributed by atoms with Gasteiger partial charge in [-0.15, -0.1) is 0 Å². The minimum Gasteiger partial charge on any atom is -0.377 e. The maximum atomic E-state index is 11.6. The summed E-state index contributed by atoms with van der Waals surface area (Å²) in [6.45, 7) is 5.17. The average Bonchev–Trinajstić information content (AvgIpc) is 2.47. The number of carbonyl (C=O) groups excluding carboxylic acids is 1. The van der Waals surface area contributed by atoms with E-state index in [4.69, 9.17) is 16.3 Å². The molecule has 0 aliphatic carbocycles. The number of hydrazine groups is 1. The molecule has 0 aromatic carbocycles. The lowest BCUT2D eigenvalue weighted by molar-refractivity contribution is -0.121. The van der Waals surface area contributed by atoms with Crippen molar-refractivity contribution in [2.75, 3.05) is 30.1 Å². The standard InChI is InChI=1S/C12H20N6O2/c1-3-9-15-11(17-14)7(2)12(16-9)18-4-5-20-6-8(18)10(13)19/h8H,3-6,14H2,1-2H3,(H2,13,19)(H,15,16,17). The van der Waals surface area contributed by atoms with Crippen molar-refractivity contribution in [1.82, 2.24) is 9.97 Å². The number of nitrogens with zero attached hydrogens (tertiary/aromatic N) is 3. The van der Waals surface area contributed by atoms with E-state index in [2.05, 4.69) is 15.4 Å². The van der Waals surface area contributed by atoms with Crippen molar-refractivity contribution < 1.29 is 9.53 Å². The van der Waals surface area contributed by atoms with Gasteiger partial charge in [0.2, 0.25) is 5.91 Å². The molecule has 1 aromatic rings. The Kier molecular flexibility index (Phi) is 4.35. The van der Waals surface area contributed by atoms with E-state index >= 15 is 0 Å². The number of aryl methyl sites for hydroxylation is 1. The number of nitrogen functional groups attached to an aromatic ring is 1. The Bertz CT molecular complexity index is 507. The zero-order chi connectivity index (χ0) is 14.7. The van der Waals surface area contributed by atoms with Crippen molar-refractivity contribution in [2.24, 2.45) is 11.6 Å². The molecule has 0 radical (unpaired) electrons. The third-order valence-corrected chi connectivity index (χ3v) is 3.35. The van der Waals surface area contributed by atoms with Gasteiger partial charge in [0.15, 0.2) is 0 Å². The summed E-state index contributed by atoms with van der Waals surface area (Å²) in [6, 6.07) is -0.521. The van der Waals surface area contributed by atoms with Gasteiger partial charge in [-0.3, -0.25) is 4.79 Å². The third-order valence-electron chi connectivity index (χ3n) is 3.35. The molecule has 1 amide bonds. The Morgan fingerprint density at radius 3 is 2.90 bits per heavy atom. The summed E-state index contributed by atoms with van der Waals surface area (Å²) in [5, 5.41) is 0. The summed E-state index contributed by atoms with van der Waals surface area (Å²) >= 11 is 0. The number of morpholine rings is 1. The largest absolute Gasteiger partial charge is 0.377 e. The molecule has 20 heavy (non-hydrogen) atoms. The molecule has 1 unspecified atom stereocenters. The predicted octanol–water partition coefficient (Wildman–Crippen LogP) is -0.676. The maximum Gasteiger partial charge on any atom is 0.242 e. The van der Waals surface area contributed by atoms with Crippen LogP contribution in [0.2, 0.25) is 0 Å². The predicted molar refractivity (Wildman–Crippen MR) is 75.1 cm³/mol. The van der Waals surface area contributed by atoms with Gasteiger partial charge in [0, 0.05) is 18.5 Å². The lowest BCUT2D eigenvalue weighted by Gasteiger charge is -2.35. The van der Waals surface area contributed by atoms with Gasteiger partial charge in [-0.05, 0) is 6.92 Å². The monoisotopic (exact) mass is 280 g/mol. The van der Waals surface area contributed by atoms with E-state index in [-0.39, 0.29) is 6.61 Å². The van der Waals surface area contributed by atoms with Crippen LogP contribution in [0.15, 0.2) is 0 Å². The number of hydrogen-bond acceptors (Lipinski definition) is 7. The second kappa shape index (κ2) is 6.02. The quantitative estimate of drug-likeness (QED) is 0.494. The normalized spacial score (nSPS) is 18.9. The minimum absolute atomic E-state index is 0.269. The van der Waals surface area contributed by atoms with Gasteiger partial charge >= 0.3 is 0 Å². The summed E-state index contributed by atoms with van der Waals surface area (Å²) in [6.07, 6.45) is 0.674. The van der Waals surface area contributed by atoms with E-state index in [1.807, 2.05) is 18.7 Å². The van der Waals surface area contributed by atoms with Crippen LogP contribution in [-0.4, -0.2) is 41.7 Å². The van der Waals surface area contributed by atoms with Crippen LogP contribution < -0.4 is 21.9 Å². The topological polar surface area (TPSA) is 119 Å². The van der Waals surface area contributed by atoms with Crippen LogP contribution in [0.3, 0.4) is 0 Å². The fourth-order valence-corrected chi connectivity index (χ4v) is 2.22. The van der Waals surface area contributed by atoms with Crippen LogP contribution >= 0.6 is 0 Å². The van der Waals surface area contributed by atoms with Crippen LogP contribution in [-0.2, 0) is 16.0 Å². The molecule has 2 rings (SSSR count). The van der Waals surface area contributed by atoms with Crippen molar-refractivity contribution in [3.63, 3.8) is 0 Å². The van der Waals surface area contributed by atoms with E-state index in [0.717, 1.165) is 5.56 Å². The van der Waals surface area contributed by atoms with Crippen LogP contribution in [0, 0.1) is 6.92 Å². The van der Waals surface area contributed by atoms with Gasteiger partial charge in [0.05, 0.1) is 13.2 Å². The molecule has 1 atom stereocenters. The summed E-state index contributed by atoms with van der Waals surface area (Å²) in [4.78, 5) is 22.3. The van der Waals surface area contributed by atoms with Crippen molar-refractivity contribution >= 4 is 17.5 Å². The SMILES string of the molecule is CCc1nc(NN)c(C)c(N2CCOCC2C(N)=O)n1. The molecule has 2 heterocycles. The maximum absolute atomic E-state index is 11.6.